The smallest absolute Gasteiger partial charge is 0.230 e. The lowest BCUT2D eigenvalue weighted by molar-refractivity contribution is -0.119. The maximum Gasteiger partial charge on any atom is 0.230 e. The van der Waals surface area contributed by atoms with Crippen LogP contribution in [0, 0.1) is 0 Å². The number of para-hydroxylation sites is 2. The van der Waals surface area contributed by atoms with Crippen LogP contribution in [0.4, 0.5) is 0 Å². The van der Waals surface area contributed by atoms with E-state index in [9.17, 15) is 4.79 Å². The van der Waals surface area contributed by atoms with E-state index in [4.69, 9.17) is 27.9 Å². The summed E-state index contributed by atoms with van der Waals surface area (Å²) in [5.74, 6) is 0.633. The average molecular weight is 438 g/mol. The van der Waals surface area contributed by atoms with Crippen LogP contribution in [-0.2, 0) is 4.79 Å². The summed E-state index contributed by atoms with van der Waals surface area (Å²) >= 11 is 13.2. The number of nitrogens with one attached hydrogen (secondary N) is 1. The molecule has 1 amide bonds. The lowest BCUT2D eigenvalue weighted by Gasteiger charge is -2.15. The minimum absolute atomic E-state index is 0.154. The molecule has 10 heteroatoms. The largest absolute Gasteiger partial charge is 0.494 e. The van der Waals surface area contributed by atoms with Gasteiger partial charge in [0.05, 0.1) is 28.9 Å². The number of rotatable bonds is 7. The fraction of sp³-hybridized carbons (Fsp3) is 0.222. The third-order valence-corrected chi connectivity index (χ3v) is 5.57. The summed E-state index contributed by atoms with van der Waals surface area (Å²) in [4.78, 5) is 12.4. The summed E-state index contributed by atoms with van der Waals surface area (Å²) in [6.45, 7) is 1.88. The molecular formula is C18H17Cl2N5O2S. The molecule has 0 saturated carbocycles. The quantitative estimate of drug-likeness (QED) is 0.563. The maximum atomic E-state index is 12.4. The summed E-state index contributed by atoms with van der Waals surface area (Å²) in [7, 11) is 1.58. The SMILES string of the molecule is COc1ccccc1-n1nnnc1SCC(=O)NC(C)c1ccc(Cl)c(Cl)c1. The first-order chi connectivity index (χ1) is 13.5. The predicted octanol–water partition coefficient (Wildman–Crippen LogP) is 3.95. The molecular weight excluding hydrogens is 421 g/mol. The van der Waals surface area contributed by atoms with Crippen LogP contribution < -0.4 is 10.1 Å². The molecule has 1 atom stereocenters. The minimum atomic E-state index is -0.215. The van der Waals surface area contributed by atoms with Crippen molar-refractivity contribution in [3.8, 4) is 11.4 Å². The average Bonchev–Trinajstić information content (AvgIpc) is 3.16. The number of thioether (sulfide) groups is 1. The minimum Gasteiger partial charge on any atom is -0.494 e. The zero-order chi connectivity index (χ0) is 20.1. The van der Waals surface area contributed by atoms with Gasteiger partial charge in [0.1, 0.15) is 11.4 Å². The van der Waals surface area contributed by atoms with Crippen molar-refractivity contribution >= 4 is 40.9 Å². The number of carbonyl (C=O) groups is 1. The topological polar surface area (TPSA) is 81.9 Å². The normalized spacial score (nSPS) is 11.9. The van der Waals surface area contributed by atoms with Crippen molar-refractivity contribution in [2.75, 3.05) is 12.9 Å². The molecule has 0 aliphatic carbocycles. The monoisotopic (exact) mass is 437 g/mol. The number of hydrogen-bond acceptors (Lipinski definition) is 6. The first kappa shape index (κ1) is 20.4. The van der Waals surface area contributed by atoms with Crippen molar-refractivity contribution < 1.29 is 9.53 Å². The zero-order valence-corrected chi connectivity index (χ0v) is 17.4. The van der Waals surface area contributed by atoms with E-state index in [2.05, 4.69) is 20.8 Å². The van der Waals surface area contributed by atoms with Crippen LogP contribution in [0.15, 0.2) is 47.6 Å². The van der Waals surface area contributed by atoms with Gasteiger partial charge >= 0.3 is 0 Å². The molecule has 1 aromatic heterocycles. The molecule has 7 nitrogen and oxygen atoms in total. The second-order valence-electron chi connectivity index (χ2n) is 5.80. The van der Waals surface area contributed by atoms with E-state index in [0.717, 1.165) is 5.56 Å². The van der Waals surface area contributed by atoms with Gasteiger partial charge in [0, 0.05) is 0 Å². The molecule has 0 spiro atoms. The lowest BCUT2D eigenvalue weighted by Crippen LogP contribution is -2.28. The number of benzene rings is 2. The number of carbonyl (C=O) groups excluding carboxylic acids is 1. The molecule has 0 fully saturated rings. The van der Waals surface area contributed by atoms with Crippen LogP contribution in [-0.4, -0.2) is 39.0 Å². The van der Waals surface area contributed by atoms with Crippen LogP contribution in [0.25, 0.3) is 5.69 Å². The van der Waals surface area contributed by atoms with E-state index >= 15 is 0 Å². The predicted molar refractivity (Wildman–Crippen MR) is 109 cm³/mol. The summed E-state index contributed by atoms with van der Waals surface area (Å²) in [6, 6.07) is 12.4. The van der Waals surface area contributed by atoms with Crippen molar-refractivity contribution in [2.24, 2.45) is 0 Å². The molecule has 0 saturated heterocycles. The Kier molecular flexibility index (Phi) is 6.77. The van der Waals surface area contributed by atoms with Crippen LogP contribution in [0.5, 0.6) is 5.75 Å². The Labute approximate surface area is 176 Å². The van der Waals surface area contributed by atoms with Crippen LogP contribution in [0.1, 0.15) is 18.5 Å². The Balaban J connectivity index is 1.64. The molecule has 0 bridgehead atoms. The summed E-state index contributed by atoms with van der Waals surface area (Å²) in [5, 5.41) is 16.0. The molecule has 1 heterocycles. The standard InChI is InChI=1S/C18H17Cl2N5O2S/c1-11(12-7-8-13(19)14(20)9-12)21-17(26)10-28-18-22-23-24-25(18)15-5-3-4-6-16(15)27-2/h3-9,11H,10H2,1-2H3,(H,21,26). The molecule has 146 valence electrons. The number of aromatic nitrogens is 4. The third-order valence-electron chi connectivity index (χ3n) is 3.91. The first-order valence-electron chi connectivity index (χ1n) is 8.28. The van der Waals surface area contributed by atoms with Crippen molar-refractivity contribution in [3.63, 3.8) is 0 Å². The van der Waals surface area contributed by atoms with E-state index in [1.807, 2.05) is 37.3 Å². The van der Waals surface area contributed by atoms with Gasteiger partial charge in [-0.1, -0.05) is 53.2 Å². The van der Waals surface area contributed by atoms with Gasteiger partial charge in [-0.3, -0.25) is 4.79 Å². The van der Waals surface area contributed by atoms with E-state index in [1.165, 1.54) is 11.8 Å². The van der Waals surface area contributed by atoms with E-state index in [0.29, 0.717) is 26.6 Å². The number of halogens is 2. The Morgan fingerprint density at radius 3 is 2.79 bits per heavy atom. The van der Waals surface area contributed by atoms with Gasteiger partial charge in [0.2, 0.25) is 11.1 Å². The van der Waals surface area contributed by atoms with E-state index < -0.39 is 0 Å². The second-order valence-corrected chi connectivity index (χ2v) is 7.55. The molecule has 0 aliphatic heterocycles. The number of amides is 1. The van der Waals surface area contributed by atoms with Gasteiger partial charge < -0.3 is 10.1 Å². The molecule has 28 heavy (non-hydrogen) atoms. The van der Waals surface area contributed by atoms with Gasteiger partial charge in [-0.15, -0.1) is 5.10 Å². The Bertz CT molecular complexity index is 982. The number of ether oxygens (including phenoxy) is 1. The highest BCUT2D eigenvalue weighted by molar-refractivity contribution is 7.99. The fourth-order valence-corrected chi connectivity index (χ4v) is 3.50. The highest BCUT2D eigenvalue weighted by Gasteiger charge is 2.16. The molecule has 0 radical (unpaired) electrons. The molecule has 1 unspecified atom stereocenters. The summed E-state index contributed by atoms with van der Waals surface area (Å²) in [6.07, 6.45) is 0. The highest BCUT2D eigenvalue weighted by Crippen LogP contribution is 2.27. The number of nitrogens with zero attached hydrogens (tertiary/aromatic N) is 4. The van der Waals surface area contributed by atoms with Gasteiger partial charge in [-0.2, -0.15) is 4.68 Å². The van der Waals surface area contributed by atoms with Crippen LogP contribution >= 0.6 is 35.0 Å². The van der Waals surface area contributed by atoms with Crippen molar-refractivity contribution in [1.29, 1.82) is 0 Å². The molecule has 1 N–H and O–H groups in total. The van der Waals surface area contributed by atoms with Gasteiger partial charge in [-0.05, 0) is 47.2 Å². The van der Waals surface area contributed by atoms with E-state index in [1.54, 1.807) is 23.9 Å². The Hall–Kier alpha value is -2.29. The molecule has 0 aliphatic rings. The third kappa shape index (κ3) is 4.76. The van der Waals surface area contributed by atoms with Crippen molar-refractivity contribution in [3.05, 3.63) is 58.1 Å². The molecule has 3 rings (SSSR count). The maximum absolute atomic E-state index is 12.4. The number of tetrazole rings is 1. The van der Waals surface area contributed by atoms with Gasteiger partial charge in [0.25, 0.3) is 0 Å². The first-order valence-corrected chi connectivity index (χ1v) is 10.0. The number of methoxy groups -OCH3 is 1. The van der Waals surface area contributed by atoms with Crippen LogP contribution in [0.2, 0.25) is 10.0 Å². The van der Waals surface area contributed by atoms with Gasteiger partial charge in [0.15, 0.2) is 0 Å². The van der Waals surface area contributed by atoms with Crippen molar-refractivity contribution in [2.45, 2.75) is 18.1 Å². The molecule has 2 aromatic carbocycles. The highest BCUT2D eigenvalue weighted by atomic mass is 35.5. The van der Waals surface area contributed by atoms with Crippen molar-refractivity contribution in [1.82, 2.24) is 25.5 Å². The molecule has 3 aromatic rings. The second kappa shape index (κ2) is 9.27. The fourth-order valence-electron chi connectivity index (χ4n) is 2.50. The van der Waals surface area contributed by atoms with E-state index in [-0.39, 0.29) is 17.7 Å². The summed E-state index contributed by atoms with van der Waals surface area (Å²) < 4.78 is 6.89. The number of hydrogen-bond donors (Lipinski definition) is 1. The Morgan fingerprint density at radius 1 is 1.25 bits per heavy atom. The van der Waals surface area contributed by atoms with Crippen LogP contribution in [0.3, 0.4) is 0 Å². The van der Waals surface area contributed by atoms with Gasteiger partial charge in [-0.25, -0.2) is 0 Å². The summed E-state index contributed by atoms with van der Waals surface area (Å²) in [5.41, 5.74) is 1.56. The Morgan fingerprint density at radius 2 is 2.04 bits per heavy atom. The zero-order valence-electron chi connectivity index (χ0n) is 15.1. The lowest BCUT2D eigenvalue weighted by atomic mass is 10.1.